The van der Waals surface area contributed by atoms with Gasteiger partial charge in [-0.05, 0) is 30.7 Å². The van der Waals surface area contributed by atoms with Crippen LogP contribution in [-0.4, -0.2) is 36.6 Å². The number of carbonyl (C=O) groups is 1. The van der Waals surface area contributed by atoms with Gasteiger partial charge in [0.25, 0.3) is 0 Å². The standard InChI is InChI=1S/C22H26N6OS2/c1-28-19(17-12-16(17)14-8-4-2-5-9-14)24-27-22(28)30-13-18(29)23-21-26-25-20(31-21)15-10-6-3-7-11-15/h2,4-5,8-9,15-17H,3,6-7,10-13H2,1H3,(H,23,26,29)/t16-,17-/m1/s1. The van der Waals surface area contributed by atoms with Crippen LogP contribution in [0.1, 0.15) is 72.7 Å². The first-order valence-corrected chi connectivity index (χ1v) is 12.7. The van der Waals surface area contributed by atoms with Gasteiger partial charge in [0.2, 0.25) is 11.0 Å². The molecule has 2 aliphatic carbocycles. The first-order valence-electron chi connectivity index (χ1n) is 10.9. The van der Waals surface area contributed by atoms with Gasteiger partial charge in [-0.15, -0.1) is 20.4 Å². The van der Waals surface area contributed by atoms with Gasteiger partial charge in [-0.3, -0.25) is 10.1 Å². The molecule has 2 fully saturated rings. The average molecular weight is 455 g/mol. The Morgan fingerprint density at radius 3 is 2.71 bits per heavy atom. The van der Waals surface area contributed by atoms with Crippen molar-refractivity contribution in [3.63, 3.8) is 0 Å². The first-order chi connectivity index (χ1) is 15.2. The molecule has 162 valence electrons. The van der Waals surface area contributed by atoms with Gasteiger partial charge in [0, 0.05) is 18.9 Å². The lowest BCUT2D eigenvalue weighted by Gasteiger charge is -2.18. The maximum Gasteiger partial charge on any atom is 0.236 e. The van der Waals surface area contributed by atoms with Crippen LogP contribution in [0.5, 0.6) is 0 Å². The van der Waals surface area contributed by atoms with Gasteiger partial charge in [0.1, 0.15) is 10.8 Å². The van der Waals surface area contributed by atoms with Crippen molar-refractivity contribution in [2.24, 2.45) is 7.05 Å². The minimum atomic E-state index is -0.0884. The number of hydrogen-bond donors (Lipinski definition) is 1. The molecule has 1 amide bonds. The molecule has 2 heterocycles. The Bertz CT molecular complexity index is 1040. The number of nitrogens with zero attached hydrogens (tertiary/aromatic N) is 5. The molecule has 7 nitrogen and oxygen atoms in total. The van der Waals surface area contributed by atoms with Gasteiger partial charge in [-0.25, -0.2) is 0 Å². The zero-order chi connectivity index (χ0) is 21.2. The maximum absolute atomic E-state index is 12.4. The normalized spacial score (nSPS) is 21.2. The quantitative estimate of drug-likeness (QED) is 0.520. The Kier molecular flexibility index (Phi) is 6.04. The highest BCUT2D eigenvalue weighted by atomic mass is 32.2. The van der Waals surface area contributed by atoms with E-state index in [1.54, 1.807) is 0 Å². The van der Waals surface area contributed by atoms with Gasteiger partial charge in [0.15, 0.2) is 5.16 Å². The summed E-state index contributed by atoms with van der Waals surface area (Å²) in [6.07, 6.45) is 7.29. The fourth-order valence-electron chi connectivity index (χ4n) is 4.41. The zero-order valence-electron chi connectivity index (χ0n) is 17.5. The summed E-state index contributed by atoms with van der Waals surface area (Å²) in [7, 11) is 1.98. The third-order valence-corrected chi connectivity index (χ3v) is 8.21. The highest BCUT2D eigenvalue weighted by molar-refractivity contribution is 7.99. The van der Waals surface area contributed by atoms with Crippen LogP contribution in [0, 0.1) is 0 Å². The minimum Gasteiger partial charge on any atom is -0.309 e. The van der Waals surface area contributed by atoms with E-state index in [1.165, 1.54) is 60.8 Å². The molecule has 2 atom stereocenters. The Morgan fingerprint density at radius 1 is 1.10 bits per heavy atom. The molecule has 5 rings (SSSR count). The number of thioether (sulfide) groups is 1. The summed E-state index contributed by atoms with van der Waals surface area (Å²) in [5, 5.41) is 22.5. The fraction of sp³-hybridized carbons (Fsp3) is 0.500. The van der Waals surface area contributed by atoms with Crippen LogP contribution < -0.4 is 5.32 Å². The third-order valence-electron chi connectivity index (χ3n) is 6.19. The third kappa shape index (κ3) is 4.67. The topological polar surface area (TPSA) is 85.6 Å². The Labute approximate surface area is 190 Å². The van der Waals surface area contributed by atoms with Crippen LogP contribution in [0.25, 0.3) is 0 Å². The van der Waals surface area contributed by atoms with Gasteiger partial charge in [-0.2, -0.15) is 0 Å². The number of aromatic nitrogens is 5. The van der Waals surface area contributed by atoms with E-state index in [0.29, 0.717) is 22.9 Å². The number of carbonyl (C=O) groups excluding carboxylic acids is 1. The van der Waals surface area contributed by atoms with E-state index >= 15 is 0 Å². The Balaban J connectivity index is 1.14. The fourth-order valence-corrected chi connectivity index (χ4v) is 6.06. The lowest BCUT2D eigenvalue weighted by molar-refractivity contribution is -0.113. The summed E-state index contributed by atoms with van der Waals surface area (Å²) >= 11 is 2.92. The van der Waals surface area contributed by atoms with E-state index in [0.717, 1.165) is 22.4 Å². The highest BCUT2D eigenvalue weighted by Crippen LogP contribution is 2.54. The molecular weight excluding hydrogens is 428 g/mol. The number of rotatable bonds is 7. The van der Waals surface area contributed by atoms with Crippen LogP contribution in [0.15, 0.2) is 35.5 Å². The molecule has 31 heavy (non-hydrogen) atoms. The monoisotopic (exact) mass is 454 g/mol. The minimum absolute atomic E-state index is 0.0884. The molecule has 1 N–H and O–H groups in total. The van der Waals surface area contributed by atoms with Gasteiger partial charge in [0.05, 0.1) is 5.75 Å². The number of hydrogen-bond acceptors (Lipinski definition) is 7. The predicted molar refractivity (Wildman–Crippen MR) is 123 cm³/mol. The summed E-state index contributed by atoms with van der Waals surface area (Å²) in [4.78, 5) is 12.4. The van der Waals surface area contributed by atoms with Crippen molar-refractivity contribution in [2.75, 3.05) is 11.1 Å². The average Bonchev–Trinajstić information content (AvgIpc) is 3.31. The molecule has 1 aromatic carbocycles. The molecule has 2 saturated carbocycles. The van der Waals surface area contributed by atoms with E-state index in [1.807, 2.05) is 17.7 Å². The molecule has 2 aromatic heterocycles. The van der Waals surface area contributed by atoms with Crippen LogP contribution >= 0.6 is 23.1 Å². The number of nitrogens with one attached hydrogen (secondary N) is 1. The predicted octanol–water partition coefficient (Wildman–Crippen LogP) is 4.72. The van der Waals surface area contributed by atoms with E-state index in [4.69, 9.17) is 0 Å². The Morgan fingerprint density at radius 2 is 1.90 bits per heavy atom. The van der Waals surface area contributed by atoms with Gasteiger partial charge >= 0.3 is 0 Å². The molecule has 3 aromatic rings. The molecule has 0 aliphatic heterocycles. The second-order valence-corrected chi connectivity index (χ2v) is 10.3. The van der Waals surface area contributed by atoms with Crippen molar-refractivity contribution in [3.05, 3.63) is 46.7 Å². The highest BCUT2D eigenvalue weighted by Gasteiger charge is 2.42. The van der Waals surface area contributed by atoms with Crippen molar-refractivity contribution in [3.8, 4) is 0 Å². The summed E-state index contributed by atoms with van der Waals surface area (Å²) in [6, 6.07) is 10.6. The molecule has 0 spiro atoms. The molecule has 0 saturated heterocycles. The van der Waals surface area contributed by atoms with Crippen LogP contribution in [0.4, 0.5) is 5.13 Å². The number of amides is 1. The van der Waals surface area contributed by atoms with E-state index in [-0.39, 0.29) is 11.7 Å². The summed E-state index contributed by atoms with van der Waals surface area (Å²) in [5.74, 6) is 2.61. The first kappa shape index (κ1) is 20.6. The second-order valence-electron chi connectivity index (χ2n) is 8.38. The number of benzene rings is 1. The van der Waals surface area contributed by atoms with Crippen molar-refractivity contribution >= 4 is 34.1 Å². The summed E-state index contributed by atoms with van der Waals surface area (Å²) < 4.78 is 2.03. The molecular formula is C22H26N6OS2. The van der Waals surface area contributed by atoms with Crippen molar-refractivity contribution in [1.29, 1.82) is 0 Å². The molecule has 2 aliphatic rings. The van der Waals surface area contributed by atoms with Crippen LogP contribution in [0.3, 0.4) is 0 Å². The number of anilines is 1. The SMILES string of the molecule is Cn1c(SCC(=O)Nc2nnc(C3CCCCC3)s2)nnc1[C@@H]1C[C@@H]1c1ccccc1. The Hall–Kier alpha value is -2.26. The molecule has 0 radical (unpaired) electrons. The summed E-state index contributed by atoms with van der Waals surface area (Å²) in [6.45, 7) is 0. The zero-order valence-corrected chi connectivity index (χ0v) is 19.2. The smallest absolute Gasteiger partial charge is 0.236 e. The van der Waals surface area contributed by atoms with Crippen LogP contribution in [-0.2, 0) is 11.8 Å². The van der Waals surface area contributed by atoms with Crippen molar-refractivity contribution in [1.82, 2.24) is 25.0 Å². The second kappa shape index (κ2) is 9.08. The van der Waals surface area contributed by atoms with E-state index in [2.05, 4.69) is 50.0 Å². The molecule has 0 unspecified atom stereocenters. The van der Waals surface area contributed by atoms with E-state index < -0.39 is 0 Å². The largest absolute Gasteiger partial charge is 0.309 e. The van der Waals surface area contributed by atoms with Crippen molar-refractivity contribution in [2.45, 2.75) is 61.4 Å². The molecule has 0 bridgehead atoms. The molecule has 9 heteroatoms. The van der Waals surface area contributed by atoms with Crippen molar-refractivity contribution < 1.29 is 4.79 Å². The maximum atomic E-state index is 12.4. The van der Waals surface area contributed by atoms with Gasteiger partial charge < -0.3 is 4.57 Å². The summed E-state index contributed by atoms with van der Waals surface area (Å²) in [5.41, 5.74) is 1.36. The lowest BCUT2D eigenvalue weighted by Crippen LogP contribution is -2.14. The lowest BCUT2D eigenvalue weighted by atomic mass is 9.90. The van der Waals surface area contributed by atoms with Crippen LogP contribution in [0.2, 0.25) is 0 Å². The van der Waals surface area contributed by atoms with Gasteiger partial charge in [-0.1, -0.05) is 72.7 Å². The van der Waals surface area contributed by atoms with E-state index in [9.17, 15) is 4.79 Å².